The van der Waals surface area contributed by atoms with Gasteiger partial charge in [-0.1, -0.05) is 185 Å². The Morgan fingerprint density at radius 1 is 0.483 bits per heavy atom. The molecule has 0 atom stereocenters. The van der Waals surface area contributed by atoms with Gasteiger partial charge in [0.1, 0.15) is 0 Å². The second-order valence-electron chi connectivity index (χ2n) is 14.8. The molecule has 0 aliphatic rings. The van der Waals surface area contributed by atoms with Crippen LogP contribution in [0.2, 0.25) is 13.1 Å². The van der Waals surface area contributed by atoms with E-state index in [1.165, 1.54) is 127 Å². The molecule has 294 valence electrons. The summed E-state index contributed by atoms with van der Waals surface area (Å²) in [5.41, 5.74) is 16.2. The molecule has 4 heteroatoms. The Bertz CT molecular complexity index is 2270. The van der Waals surface area contributed by atoms with Gasteiger partial charge in [-0.3, -0.25) is 0 Å². The van der Waals surface area contributed by atoms with Gasteiger partial charge < -0.3 is 0 Å². The maximum absolute atomic E-state index is 4.93. The van der Waals surface area contributed by atoms with E-state index in [9.17, 15) is 0 Å². The fourth-order valence-electron chi connectivity index (χ4n) is 7.74. The van der Waals surface area contributed by atoms with Crippen LogP contribution in [0.25, 0.3) is 66.1 Å². The SMILES string of the molecule is CCCCc1cc2c(-c3ccccc3C)c(-c3ccccc3)ccc2[cH-]1.CCCCc1cc2c(-c3ccccc3C)c(-c3ccccc3)ccc2[cH-]1.C[Si]C.[Cl][Zr+2][Cl]. The van der Waals surface area contributed by atoms with Crippen LogP contribution in [0.15, 0.2) is 158 Å². The third kappa shape index (κ3) is 11.7. The zero-order valence-corrected chi connectivity index (χ0v) is 40.0. The number of hydrogen-bond acceptors (Lipinski definition) is 0. The predicted molar refractivity (Wildman–Crippen MR) is 257 cm³/mol. The topological polar surface area (TPSA) is 0 Å². The van der Waals surface area contributed by atoms with E-state index in [0.29, 0.717) is 0 Å². The molecule has 8 aromatic carbocycles. The summed E-state index contributed by atoms with van der Waals surface area (Å²) in [5, 5.41) is 5.47. The molecule has 0 fully saturated rings. The van der Waals surface area contributed by atoms with Crippen molar-refractivity contribution in [3.8, 4) is 44.5 Å². The third-order valence-corrected chi connectivity index (χ3v) is 10.5. The molecular weight excluding hydrogens is 839 g/mol. The number of unbranched alkanes of at least 4 members (excludes halogenated alkanes) is 2. The summed E-state index contributed by atoms with van der Waals surface area (Å²) in [7, 11) is 11.0. The van der Waals surface area contributed by atoms with Gasteiger partial charge in [-0.15, -0.1) is 56.9 Å². The predicted octanol–water partition coefficient (Wildman–Crippen LogP) is 17.3. The van der Waals surface area contributed by atoms with Crippen molar-refractivity contribution in [2.24, 2.45) is 0 Å². The Morgan fingerprint density at radius 2 is 0.828 bits per heavy atom. The summed E-state index contributed by atoms with van der Waals surface area (Å²) in [6.45, 7) is 13.2. The fraction of sp³-hybridized carbons (Fsp3) is 0.222. The number of hydrogen-bond donors (Lipinski definition) is 0. The molecule has 0 amide bonds. The standard InChI is InChI=1S/2C26H25.C2H6Si.2ClH.Zr/c2*1-3-4-11-20-17-22-15-16-24(21-12-6-5-7-13-21)26(25(22)18-20)23-14-9-8-10-19(23)2;1-3-2;;;/h2*5-10,12-18H,3-4,11H2,1-2H3;1-2H3;2*1H;/q2*-1;;;;+4/p-2. The van der Waals surface area contributed by atoms with E-state index in [0.717, 1.165) is 9.52 Å². The van der Waals surface area contributed by atoms with Crippen molar-refractivity contribution >= 4 is 48.1 Å². The first-order chi connectivity index (χ1) is 28.4. The van der Waals surface area contributed by atoms with Crippen molar-refractivity contribution in [3.63, 3.8) is 0 Å². The van der Waals surface area contributed by atoms with Crippen LogP contribution in [0.3, 0.4) is 0 Å². The molecule has 0 bridgehead atoms. The summed E-state index contributed by atoms with van der Waals surface area (Å²) < 4.78 is 0. The van der Waals surface area contributed by atoms with Crippen molar-refractivity contribution in [3.05, 3.63) is 180 Å². The van der Waals surface area contributed by atoms with Gasteiger partial charge >= 0.3 is 37.9 Å². The normalized spacial score (nSPS) is 10.5. The Kier molecular flexibility index (Phi) is 18.5. The molecule has 0 aliphatic carbocycles. The van der Waals surface area contributed by atoms with Crippen LogP contribution < -0.4 is 0 Å². The third-order valence-electron chi connectivity index (χ3n) is 10.5. The summed E-state index contributed by atoms with van der Waals surface area (Å²) in [6, 6.07) is 57.7. The van der Waals surface area contributed by atoms with Gasteiger partial charge in [0.05, 0.1) is 0 Å². The van der Waals surface area contributed by atoms with Crippen molar-refractivity contribution < 1.29 is 20.8 Å². The van der Waals surface area contributed by atoms with Gasteiger partial charge in [0.2, 0.25) is 0 Å². The molecule has 0 saturated carbocycles. The number of rotatable bonds is 10. The van der Waals surface area contributed by atoms with Crippen LogP contribution in [0.1, 0.15) is 61.8 Å². The van der Waals surface area contributed by atoms with Crippen LogP contribution in [-0.4, -0.2) is 9.52 Å². The van der Waals surface area contributed by atoms with Gasteiger partial charge in [-0.2, -0.15) is 12.1 Å². The Hall–Kier alpha value is -3.78. The van der Waals surface area contributed by atoms with Gasteiger partial charge in [0, 0.05) is 9.52 Å². The minimum absolute atomic E-state index is 0.826. The van der Waals surface area contributed by atoms with Crippen LogP contribution in [-0.2, 0) is 33.7 Å². The number of halogens is 2. The second-order valence-corrected chi connectivity index (χ2v) is 19.6. The average molecular weight is 895 g/mol. The van der Waals surface area contributed by atoms with Gasteiger partial charge in [-0.05, 0) is 71.2 Å². The zero-order chi connectivity index (χ0) is 41.3. The Balaban J connectivity index is 0.000000195. The van der Waals surface area contributed by atoms with Crippen molar-refractivity contribution in [1.29, 1.82) is 0 Å². The van der Waals surface area contributed by atoms with Gasteiger partial charge in [0.25, 0.3) is 0 Å². The van der Waals surface area contributed by atoms with Crippen LogP contribution in [0, 0.1) is 13.8 Å². The minimum atomic E-state index is -0.826. The van der Waals surface area contributed by atoms with Crippen molar-refractivity contribution in [1.82, 2.24) is 0 Å². The van der Waals surface area contributed by atoms with E-state index >= 15 is 0 Å². The number of benzene rings is 6. The van der Waals surface area contributed by atoms with Crippen LogP contribution in [0.4, 0.5) is 0 Å². The summed E-state index contributed by atoms with van der Waals surface area (Å²) in [6.07, 6.45) is 7.31. The fourth-order valence-corrected chi connectivity index (χ4v) is 7.74. The Morgan fingerprint density at radius 3 is 1.17 bits per heavy atom. The van der Waals surface area contributed by atoms with Crippen LogP contribution in [0.5, 0.6) is 0 Å². The molecule has 8 rings (SSSR count). The van der Waals surface area contributed by atoms with Crippen LogP contribution >= 0.6 is 17.0 Å². The molecule has 58 heavy (non-hydrogen) atoms. The number of fused-ring (bicyclic) bond motifs is 2. The maximum atomic E-state index is 4.93. The molecule has 0 aliphatic heterocycles. The molecule has 0 heterocycles. The molecule has 2 radical (unpaired) electrons. The molecule has 0 unspecified atom stereocenters. The van der Waals surface area contributed by atoms with Crippen molar-refractivity contribution in [2.75, 3.05) is 0 Å². The first-order valence-corrected chi connectivity index (χ1v) is 28.9. The zero-order valence-electron chi connectivity index (χ0n) is 35.0. The summed E-state index contributed by atoms with van der Waals surface area (Å²) in [5.74, 6) is 0. The monoisotopic (exact) mass is 892 g/mol. The number of aryl methyl sites for hydroxylation is 4. The molecule has 0 N–H and O–H groups in total. The molecule has 0 nitrogen and oxygen atoms in total. The summed E-state index contributed by atoms with van der Waals surface area (Å²) in [4.78, 5) is 0. The van der Waals surface area contributed by atoms with E-state index in [1.807, 2.05) is 0 Å². The van der Waals surface area contributed by atoms with Gasteiger partial charge in [-0.25, -0.2) is 0 Å². The molecular formula is C54H56Cl2SiZr. The van der Waals surface area contributed by atoms with E-state index in [2.05, 4.69) is 199 Å². The molecule has 8 aromatic rings. The van der Waals surface area contributed by atoms with E-state index in [4.69, 9.17) is 17.0 Å². The molecule has 0 aromatic heterocycles. The van der Waals surface area contributed by atoms with E-state index < -0.39 is 20.8 Å². The first-order valence-electron chi connectivity index (χ1n) is 20.6. The average Bonchev–Trinajstić information content (AvgIpc) is 3.87. The molecule has 0 spiro atoms. The van der Waals surface area contributed by atoms with Gasteiger partial charge in [0.15, 0.2) is 0 Å². The van der Waals surface area contributed by atoms with Crippen molar-refractivity contribution in [2.45, 2.75) is 79.3 Å². The van der Waals surface area contributed by atoms with E-state index in [1.54, 1.807) is 0 Å². The summed E-state index contributed by atoms with van der Waals surface area (Å²) >= 11 is -0.826. The quantitative estimate of drug-likeness (QED) is 0.0948. The Labute approximate surface area is 369 Å². The van der Waals surface area contributed by atoms with E-state index in [-0.39, 0.29) is 0 Å². The first kappa shape index (κ1) is 45.3. The second kappa shape index (κ2) is 23.7. The molecule has 0 saturated heterocycles.